The van der Waals surface area contributed by atoms with E-state index in [2.05, 4.69) is 45.9 Å². The van der Waals surface area contributed by atoms with Gasteiger partial charge in [-0.05, 0) is 57.3 Å². The zero-order chi connectivity index (χ0) is 19.2. The van der Waals surface area contributed by atoms with Gasteiger partial charge in [0.25, 0.3) is 5.91 Å². The molecule has 144 valence electrons. The lowest BCUT2D eigenvalue weighted by Crippen LogP contribution is -2.44. The number of hydrogen-bond donors (Lipinski definition) is 1. The molecule has 1 fully saturated rings. The number of aromatic nitrogens is 1. The number of piperazine rings is 1. The number of pyridine rings is 1. The topological polar surface area (TPSA) is 51.7 Å². The zero-order valence-electron chi connectivity index (χ0n) is 16.5. The Morgan fingerprint density at radius 1 is 1.07 bits per heavy atom. The number of rotatable bonds is 6. The molecule has 1 aliphatic heterocycles. The van der Waals surface area contributed by atoms with Crippen LogP contribution in [0.1, 0.15) is 24.3 Å². The Bertz CT molecular complexity index is 749. The van der Waals surface area contributed by atoms with Crippen LogP contribution in [0.4, 0.5) is 17.1 Å². The number of benzene rings is 1. The molecular formula is C21H29N5O. The van der Waals surface area contributed by atoms with Gasteiger partial charge in [0.2, 0.25) is 0 Å². The second kappa shape index (κ2) is 8.86. The number of nitrogens with zero attached hydrogens (tertiary/aromatic N) is 4. The average molecular weight is 367 g/mol. The Morgan fingerprint density at radius 2 is 1.74 bits per heavy atom. The summed E-state index contributed by atoms with van der Waals surface area (Å²) in [4.78, 5) is 23.8. The maximum atomic E-state index is 12.6. The summed E-state index contributed by atoms with van der Waals surface area (Å²) in [6.07, 6.45) is 1.71. The molecule has 1 aliphatic rings. The zero-order valence-corrected chi connectivity index (χ0v) is 16.5. The Morgan fingerprint density at radius 3 is 2.37 bits per heavy atom. The van der Waals surface area contributed by atoms with Crippen molar-refractivity contribution in [2.75, 3.05) is 61.4 Å². The van der Waals surface area contributed by atoms with Crippen molar-refractivity contribution in [2.24, 2.45) is 0 Å². The standard InChI is InChI=1S/C21H29N5O/c1-4-25(5-2)18-8-6-17(7-9-18)23-21(27)20-16-19(10-11-22-20)26-14-12-24(3)13-15-26/h6-11,16H,4-5,12-15H2,1-3H3,(H,23,27). The molecule has 3 rings (SSSR count). The predicted octanol–water partition coefficient (Wildman–Crippen LogP) is 2.93. The van der Waals surface area contributed by atoms with E-state index in [-0.39, 0.29) is 5.91 Å². The van der Waals surface area contributed by atoms with Gasteiger partial charge in [0.05, 0.1) is 0 Å². The molecule has 0 unspecified atom stereocenters. The first-order chi connectivity index (χ1) is 13.1. The second-order valence-electron chi connectivity index (χ2n) is 6.86. The molecule has 0 bridgehead atoms. The Hall–Kier alpha value is -2.60. The molecular weight excluding hydrogens is 338 g/mol. The van der Waals surface area contributed by atoms with Crippen molar-refractivity contribution in [1.82, 2.24) is 9.88 Å². The lowest BCUT2D eigenvalue weighted by molar-refractivity contribution is 0.102. The molecule has 1 aromatic carbocycles. The number of amides is 1. The van der Waals surface area contributed by atoms with Crippen LogP contribution in [-0.4, -0.2) is 62.1 Å². The van der Waals surface area contributed by atoms with Crippen molar-refractivity contribution < 1.29 is 4.79 Å². The van der Waals surface area contributed by atoms with Crippen molar-refractivity contribution in [3.63, 3.8) is 0 Å². The van der Waals surface area contributed by atoms with Gasteiger partial charge in [0, 0.05) is 62.5 Å². The quantitative estimate of drug-likeness (QED) is 0.851. The van der Waals surface area contributed by atoms with Crippen molar-refractivity contribution in [3.8, 4) is 0 Å². The lowest BCUT2D eigenvalue weighted by Gasteiger charge is -2.34. The van der Waals surface area contributed by atoms with E-state index in [0.29, 0.717) is 5.69 Å². The Kier molecular flexibility index (Phi) is 6.29. The highest BCUT2D eigenvalue weighted by atomic mass is 16.1. The van der Waals surface area contributed by atoms with Gasteiger partial charge < -0.3 is 20.0 Å². The fourth-order valence-electron chi connectivity index (χ4n) is 3.34. The van der Waals surface area contributed by atoms with Crippen LogP contribution >= 0.6 is 0 Å². The first-order valence-electron chi connectivity index (χ1n) is 9.66. The molecule has 27 heavy (non-hydrogen) atoms. The second-order valence-corrected chi connectivity index (χ2v) is 6.86. The minimum Gasteiger partial charge on any atom is -0.372 e. The predicted molar refractivity (Wildman–Crippen MR) is 112 cm³/mol. The molecule has 2 heterocycles. The number of carbonyl (C=O) groups is 1. The van der Waals surface area contributed by atoms with Gasteiger partial charge >= 0.3 is 0 Å². The van der Waals surface area contributed by atoms with Crippen LogP contribution in [-0.2, 0) is 0 Å². The van der Waals surface area contributed by atoms with Gasteiger partial charge in [0.1, 0.15) is 5.69 Å². The molecule has 0 radical (unpaired) electrons. The number of hydrogen-bond acceptors (Lipinski definition) is 5. The smallest absolute Gasteiger partial charge is 0.274 e. The monoisotopic (exact) mass is 367 g/mol. The van der Waals surface area contributed by atoms with Crippen molar-refractivity contribution in [1.29, 1.82) is 0 Å². The third-order valence-corrected chi connectivity index (χ3v) is 5.10. The van der Waals surface area contributed by atoms with Crippen molar-refractivity contribution in [3.05, 3.63) is 48.3 Å². The minimum absolute atomic E-state index is 0.179. The van der Waals surface area contributed by atoms with E-state index >= 15 is 0 Å². The highest BCUT2D eigenvalue weighted by molar-refractivity contribution is 6.03. The molecule has 0 atom stereocenters. The largest absolute Gasteiger partial charge is 0.372 e. The third kappa shape index (κ3) is 4.77. The summed E-state index contributed by atoms with van der Waals surface area (Å²) in [6.45, 7) is 10.2. The molecule has 1 aromatic heterocycles. The van der Waals surface area contributed by atoms with Gasteiger partial charge in [-0.15, -0.1) is 0 Å². The number of anilines is 3. The summed E-state index contributed by atoms with van der Waals surface area (Å²) in [5, 5.41) is 2.95. The van der Waals surface area contributed by atoms with Gasteiger partial charge in [-0.1, -0.05) is 0 Å². The maximum Gasteiger partial charge on any atom is 0.274 e. The molecule has 0 aliphatic carbocycles. The van der Waals surface area contributed by atoms with E-state index in [4.69, 9.17) is 0 Å². The first-order valence-corrected chi connectivity index (χ1v) is 9.66. The van der Waals surface area contributed by atoms with Gasteiger partial charge in [-0.3, -0.25) is 9.78 Å². The summed E-state index contributed by atoms with van der Waals surface area (Å²) < 4.78 is 0. The summed E-state index contributed by atoms with van der Waals surface area (Å²) in [5.74, 6) is -0.179. The number of carbonyl (C=O) groups excluding carboxylic acids is 1. The molecule has 0 saturated carbocycles. The molecule has 1 amide bonds. The van der Waals surface area contributed by atoms with Gasteiger partial charge in [-0.25, -0.2) is 0 Å². The third-order valence-electron chi connectivity index (χ3n) is 5.10. The van der Waals surface area contributed by atoms with E-state index in [1.165, 1.54) is 0 Å². The van der Waals surface area contributed by atoms with Crippen LogP contribution in [0.2, 0.25) is 0 Å². The molecule has 6 heteroatoms. The minimum atomic E-state index is -0.179. The van der Waals surface area contributed by atoms with Crippen LogP contribution < -0.4 is 15.1 Å². The van der Waals surface area contributed by atoms with E-state index in [1.807, 2.05) is 36.4 Å². The molecule has 1 saturated heterocycles. The molecule has 6 nitrogen and oxygen atoms in total. The molecule has 0 spiro atoms. The van der Waals surface area contributed by atoms with E-state index in [9.17, 15) is 4.79 Å². The van der Waals surface area contributed by atoms with E-state index < -0.39 is 0 Å². The molecule has 1 N–H and O–H groups in total. The first kappa shape index (κ1) is 19.2. The van der Waals surface area contributed by atoms with Crippen LogP contribution in [0.25, 0.3) is 0 Å². The Balaban J connectivity index is 1.66. The summed E-state index contributed by atoms with van der Waals surface area (Å²) in [5.41, 5.74) is 3.44. The van der Waals surface area contributed by atoms with Crippen LogP contribution in [0.5, 0.6) is 0 Å². The lowest BCUT2D eigenvalue weighted by atomic mass is 10.2. The highest BCUT2D eigenvalue weighted by Gasteiger charge is 2.16. The SMILES string of the molecule is CCN(CC)c1ccc(NC(=O)c2cc(N3CCN(C)CC3)ccn2)cc1. The fraction of sp³-hybridized carbons (Fsp3) is 0.429. The van der Waals surface area contributed by atoms with E-state index in [1.54, 1.807) is 6.20 Å². The maximum absolute atomic E-state index is 12.6. The highest BCUT2D eigenvalue weighted by Crippen LogP contribution is 2.20. The number of likely N-dealkylation sites (N-methyl/N-ethyl adjacent to an activating group) is 1. The summed E-state index contributed by atoms with van der Waals surface area (Å²) >= 11 is 0. The van der Waals surface area contributed by atoms with Crippen LogP contribution in [0.3, 0.4) is 0 Å². The fourth-order valence-corrected chi connectivity index (χ4v) is 3.34. The van der Waals surface area contributed by atoms with Crippen LogP contribution in [0.15, 0.2) is 42.6 Å². The Labute approximate surface area is 161 Å². The summed E-state index contributed by atoms with van der Waals surface area (Å²) in [7, 11) is 2.13. The van der Waals surface area contributed by atoms with Gasteiger partial charge in [0.15, 0.2) is 0 Å². The van der Waals surface area contributed by atoms with Crippen molar-refractivity contribution >= 4 is 23.0 Å². The van der Waals surface area contributed by atoms with Crippen LogP contribution in [0, 0.1) is 0 Å². The summed E-state index contributed by atoms with van der Waals surface area (Å²) in [6, 6.07) is 11.8. The average Bonchev–Trinajstić information content (AvgIpc) is 2.71. The van der Waals surface area contributed by atoms with E-state index in [0.717, 1.165) is 56.3 Å². The van der Waals surface area contributed by atoms with Crippen molar-refractivity contribution in [2.45, 2.75) is 13.8 Å². The molecule has 2 aromatic rings. The van der Waals surface area contributed by atoms with Gasteiger partial charge in [-0.2, -0.15) is 0 Å². The normalized spacial score (nSPS) is 14.9. The number of nitrogens with one attached hydrogen (secondary N) is 1.